The highest BCUT2D eigenvalue weighted by molar-refractivity contribution is 7.92. The molecular weight excluding hydrogens is 288 g/mol. The molecule has 0 fully saturated rings. The third-order valence-electron chi connectivity index (χ3n) is 2.15. The molecule has 0 aliphatic carbocycles. The molecular formula is C10H12N4O3S2. The second kappa shape index (κ2) is 5.02. The molecule has 2 aromatic rings. The van der Waals surface area contributed by atoms with Crippen LogP contribution >= 0.6 is 11.3 Å². The quantitative estimate of drug-likeness (QED) is 0.798. The molecule has 0 unspecified atom stereocenters. The molecule has 0 spiro atoms. The van der Waals surface area contributed by atoms with Crippen molar-refractivity contribution in [1.29, 1.82) is 0 Å². The van der Waals surface area contributed by atoms with Gasteiger partial charge in [0.1, 0.15) is 0 Å². The summed E-state index contributed by atoms with van der Waals surface area (Å²) in [6.45, 7) is 0. The predicted molar refractivity (Wildman–Crippen MR) is 76.2 cm³/mol. The van der Waals surface area contributed by atoms with E-state index in [-0.39, 0.29) is 6.03 Å². The zero-order chi connectivity index (χ0) is 14.0. The highest BCUT2D eigenvalue weighted by Gasteiger charge is 2.09. The van der Waals surface area contributed by atoms with E-state index < -0.39 is 10.0 Å². The summed E-state index contributed by atoms with van der Waals surface area (Å²) in [6.07, 6.45) is 1.07. The number of amides is 2. The SMILES string of the molecule is CNC(=O)Nc1ccc2nc(NS(C)(=O)=O)sc2c1. The van der Waals surface area contributed by atoms with E-state index in [9.17, 15) is 13.2 Å². The van der Waals surface area contributed by atoms with Gasteiger partial charge in [-0.1, -0.05) is 11.3 Å². The fourth-order valence-corrected chi connectivity index (χ4v) is 3.14. The fourth-order valence-electron chi connectivity index (χ4n) is 1.40. The first kappa shape index (κ1) is 13.6. The number of carbonyl (C=O) groups excluding carboxylic acids is 1. The summed E-state index contributed by atoms with van der Waals surface area (Å²) in [6, 6.07) is 4.82. The predicted octanol–water partition coefficient (Wildman–Crippen LogP) is 1.42. The number of nitrogens with one attached hydrogen (secondary N) is 3. The highest BCUT2D eigenvalue weighted by atomic mass is 32.2. The Hall–Kier alpha value is -1.87. The molecule has 1 heterocycles. The third-order valence-corrected chi connectivity index (χ3v) is 3.77. The van der Waals surface area contributed by atoms with Gasteiger partial charge in [0.2, 0.25) is 10.0 Å². The van der Waals surface area contributed by atoms with Crippen molar-refractivity contribution in [3.63, 3.8) is 0 Å². The summed E-state index contributed by atoms with van der Waals surface area (Å²) in [4.78, 5) is 15.3. The van der Waals surface area contributed by atoms with Crippen LogP contribution in [0.1, 0.15) is 0 Å². The Balaban J connectivity index is 2.30. The largest absolute Gasteiger partial charge is 0.341 e. The number of urea groups is 1. The molecule has 2 rings (SSSR count). The molecule has 1 aromatic carbocycles. The molecule has 3 N–H and O–H groups in total. The highest BCUT2D eigenvalue weighted by Crippen LogP contribution is 2.28. The number of benzene rings is 1. The van der Waals surface area contributed by atoms with Gasteiger partial charge in [-0.05, 0) is 18.2 Å². The van der Waals surface area contributed by atoms with Gasteiger partial charge >= 0.3 is 6.03 Å². The van der Waals surface area contributed by atoms with Crippen LogP contribution in [0.4, 0.5) is 15.6 Å². The summed E-state index contributed by atoms with van der Waals surface area (Å²) in [5.74, 6) is 0. The van der Waals surface area contributed by atoms with Gasteiger partial charge in [-0.2, -0.15) is 0 Å². The van der Waals surface area contributed by atoms with Crippen molar-refractivity contribution in [2.75, 3.05) is 23.3 Å². The van der Waals surface area contributed by atoms with Crippen LogP contribution in [0, 0.1) is 0 Å². The second-order valence-electron chi connectivity index (χ2n) is 3.78. The lowest BCUT2D eigenvalue weighted by atomic mass is 10.3. The minimum atomic E-state index is -3.34. The van der Waals surface area contributed by atoms with Gasteiger partial charge in [-0.3, -0.25) is 4.72 Å². The van der Waals surface area contributed by atoms with Crippen molar-refractivity contribution in [2.45, 2.75) is 0 Å². The van der Waals surface area contributed by atoms with Crippen LogP contribution in [-0.4, -0.2) is 32.7 Å². The second-order valence-corrected chi connectivity index (χ2v) is 6.56. The van der Waals surface area contributed by atoms with E-state index in [1.54, 1.807) is 18.2 Å². The summed E-state index contributed by atoms with van der Waals surface area (Å²) in [7, 11) is -1.82. The van der Waals surface area contributed by atoms with Crippen LogP contribution < -0.4 is 15.4 Å². The zero-order valence-corrected chi connectivity index (χ0v) is 11.9. The van der Waals surface area contributed by atoms with Crippen LogP contribution in [-0.2, 0) is 10.0 Å². The maximum absolute atomic E-state index is 11.2. The molecule has 9 heteroatoms. The molecule has 102 valence electrons. The van der Waals surface area contributed by atoms with Crippen LogP contribution in [0.2, 0.25) is 0 Å². The van der Waals surface area contributed by atoms with E-state index in [1.165, 1.54) is 18.4 Å². The molecule has 19 heavy (non-hydrogen) atoms. The molecule has 0 atom stereocenters. The lowest BCUT2D eigenvalue weighted by Crippen LogP contribution is -2.24. The standard InChI is InChI=1S/C10H12N4O3S2/c1-11-9(15)12-6-3-4-7-8(5-6)18-10(13-7)14-19(2,16)17/h3-5H,1-2H3,(H,13,14)(H2,11,12,15). The summed E-state index contributed by atoms with van der Waals surface area (Å²) in [5.41, 5.74) is 1.28. The van der Waals surface area contributed by atoms with E-state index in [4.69, 9.17) is 0 Å². The van der Waals surface area contributed by atoms with Crippen LogP contribution in [0.25, 0.3) is 10.2 Å². The Kier molecular flexibility index (Phi) is 3.58. The van der Waals surface area contributed by atoms with Gasteiger partial charge in [-0.15, -0.1) is 0 Å². The number of thiazole rings is 1. The van der Waals surface area contributed by atoms with Gasteiger partial charge in [0, 0.05) is 12.7 Å². The third kappa shape index (κ3) is 3.55. The first-order chi connectivity index (χ1) is 8.87. The lowest BCUT2D eigenvalue weighted by Gasteiger charge is -2.02. The maximum atomic E-state index is 11.2. The number of aromatic nitrogens is 1. The van der Waals surface area contributed by atoms with E-state index in [1.807, 2.05) is 0 Å². The molecule has 0 bridgehead atoms. The number of sulfonamides is 1. The Morgan fingerprint density at radius 2 is 2.11 bits per heavy atom. The molecule has 0 aliphatic heterocycles. The van der Waals surface area contributed by atoms with Gasteiger partial charge in [-0.25, -0.2) is 18.2 Å². The summed E-state index contributed by atoms with van der Waals surface area (Å²) >= 11 is 1.20. The van der Waals surface area contributed by atoms with Gasteiger partial charge < -0.3 is 10.6 Å². The Bertz CT molecular complexity index is 723. The van der Waals surface area contributed by atoms with Crippen molar-refractivity contribution in [2.24, 2.45) is 0 Å². The minimum Gasteiger partial charge on any atom is -0.341 e. The van der Waals surface area contributed by atoms with Crippen molar-refractivity contribution in [3.05, 3.63) is 18.2 Å². The Morgan fingerprint density at radius 1 is 1.37 bits per heavy atom. The number of anilines is 2. The van der Waals surface area contributed by atoms with Crippen LogP contribution in [0.3, 0.4) is 0 Å². The molecule has 1 aromatic heterocycles. The number of fused-ring (bicyclic) bond motifs is 1. The van der Waals surface area contributed by atoms with Gasteiger partial charge in [0.05, 0.1) is 16.5 Å². The Morgan fingerprint density at radius 3 is 2.74 bits per heavy atom. The van der Waals surface area contributed by atoms with E-state index in [0.717, 1.165) is 11.0 Å². The smallest absolute Gasteiger partial charge is 0.318 e. The van der Waals surface area contributed by atoms with Gasteiger partial charge in [0.25, 0.3) is 0 Å². The summed E-state index contributed by atoms with van der Waals surface area (Å²) in [5, 5.41) is 5.38. The van der Waals surface area contributed by atoms with Crippen molar-refractivity contribution < 1.29 is 13.2 Å². The van der Waals surface area contributed by atoms with Crippen molar-refractivity contribution in [1.82, 2.24) is 10.3 Å². The number of rotatable bonds is 3. The topological polar surface area (TPSA) is 100 Å². The average molecular weight is 300 g/mol. The molecule has 2 amide bonds. The molecule has 7 nitrogen and oxygen atoms in total. The number of carbonyl (C=O) groups is 1. The maximum Gasteiger partial charge on any atom is 0.318 e. The van der Waals surface area contributed by atoms with E-state index in [2.05, 4.69) is 20.3 Å². The van der Waals surface area contributed by atoms with Crippen molar-refractivity contribution in [3.8, 4) is 0 Å². The first-order valence-electron chi connectivity index (χ1n) is 5.24. The van der Waals surface area contributed by atoms with Gasteiger partial charge in [0.15, 0.2) is 5.13 Å². The number of nitrogens with zero attached hydrogens (tertiary/aromatic N) is 1. The molecule has 0 saturated carbocycles. The fraction of sp³-hybridized carbons (Fsp3) is 0.200. The monoisotopic (exact) mass is 300 g/mol. The first-order valence-corrected chi connectivity index (χ1v) is 7.95. The molecule has 0 aliphatic rings. The zero-order valence-electron chi connectivity index (χ0n) is 10.2. The Labute approximate surface area is 114 Å². The number of hydrogen-bond acceptors (Lipinski definition) is 5. The number of hydrogen-bond donors (Lipinski definition) is 3. The van der Waals surface area contributed by atoms with Crippen molar-refractivity contribution >= 4 is 48.4 Å². The van der Waals surface area contributed by atoms with E-state index >= 15 is 0 Å². The summed E-state index contributed by atoms with van der Waals surface area (Å²) < 4.78 is 25.3. The average Bonchev–Trinajstić information content (AvgIpc) is 2.67. The minimum absolute atomic E-state index is 0.301. The lowest BCUT2D eigenvalue weighted by molar-refractivity contribution is 0.254. The normalized spacial score (nSPS) is 11.3. The molecule has 0 saturated heterocycles. The van der Waals surface area contributed by atoms with Crippen LogP contribution in [0.5, 0.6) is 0 Å². The molecule has 0 radical (unpaired) electrons. The van der Waals surface area contributed by atoms with Crippen LogP contribution in [0.15, 0.2) is 18.2 Å². The van der Waals surface area contributed by atoms with E-state index in [0.29, 0.717) is 16.3 Å².